The number of hydrogen-bond donors (Lipinski definition) is 2. The number of benzene rings is 2. The Labute approximate surface area is 151 Å². The number of nitro benzene ring substituents is 1. The number of amides is 1. The fourth-order valence-corrected chi connectivity index (χ4v) is 2.73. The molecule has 0 atom stereocenters. The summed E-state index contributed by atoms with van der Waals surface area (Å²) in [6.45, 7) is 6.75. The molecule has 6 heteroatoms. The van der Waals surface area contributed by atoms with Gasteiger partial charge in [0.1, 0.15) is 5.69 Å². The lowest BCUT2D eigenvalue weighted by atomic mass is 9.87. The normalized spacial score (nSPS) is 11.5. The summed E-state index contributed by atoms with van der Waals surface area (Å²) < 4.78 is 0. The fraction of sp³-hybridized carbons (Fsp3) is 0.250. The highest BCUT2D eigenvalue weighted by atomic mass is 16.6. The molecule has 26 heavy (non-hydrogen) atoms. The second kappa shape index (κ2) is 6.63. The average molecular weight is 351 g/mol. The molecular weight excluding hydrogens is 330 g/mol. The van der Waals surface area contributed by atoms with E-state index in [9.17, 15) is 14.9 Å². The van der Waals surface area contributed by atoms with Gasteiger partial charge < -0.3 is 10.3 Å². The topological polar surface area (TPSA) is 88.0 Å². The number of H-pyrrole nitrogens is 1. The highest BCUT2D eigenvalue weighted by Crippen LogP contribution is 2.26. The van der Waals surface area contributed by atoms with Gasteiger partial charge in [-0.2, -0.15) is 0 Å². The van der Waals surface area contributed by atoms with Crippen molar-refractivity contribution in [3.05, 3.63) is 75.5 Å². The molecule has 0 unspecified atom stereocenters. The van der Waals surface area contributed by atoms with E-state index in [0.717, 1.165) is 16.5 Å². The summed E-state index contributed by atoms with van der Waals surface area (Å²) in [5.74, 6) is -0.211. The van der Waals surface area contributed by atoms with Crippen LogP contribution in [0.15, 0.2) is 48.5 Å². The number of non-ortho nitro benzene ring substituents is 1. The minimum Gasteiger partial charge on any atom is -0.351 e. The van der Waals surface area contributed by atoms with Gasteiger partial charge in [-0.25, -0.2) is 0 Å². The van der Waals surface area contributed by atoms with Gasteiger partial charge in [0, 0.05) is 29.6 Å². The number of nitrogens with zero attached hydrogens (tertiary/aromatic N) is 1. The number of nitro groups is 1. The molecule has 1 aromatic heterocycles. The number of aromatic nitrogens is 1. The number of fused-ring (bicyclic) bond motifs is 1. The molecule has 0 spiro atoms. The summed E-state index contributed by atoms with van der Waals surface area (Å²) in [6, 6.07) is 14.1. The van der Waals surface area contributed by atoms with Crippen LogP contribution in [0.2, 0.25) is 0 Å². The van der Waals surface area contributed by atoms with E-state index in [2.05, 4.69) is 43.2 Å². The van der Waals surface area contributed by atoms with Crippen molar-refractivity contribution < 1.29 is 9.72 Å². The molecule has 0 aliphatic rings. The molecular formula is C20H21N3O3. The first-order valence-corrected chi connectivity index (χ1v) is 8.39. The number of carbonyl (C=O) groups is 1. The summed E-state index contributed by atoms with van der Waals surface area (Å²) >= 11 is 0. The summed E-state index contributed by atoms with van der Waals surface area (Å²) in [5, 5.41) is 14.5. The van der Waals surface area contributed by atoms with E-state index in [-0.39, 0.29) is 17.0 Å². The van der Waals surface area contributed by atoms with Crippen LogP contribution >= 0.6 is 0 Å². The lowest BCUT2D eigenvalue weighted by molar-refractivity contribution is -0.384. The molecule has 134 valence electrons. The van der Waals surface area contributed by atoms with Crippen LogP contribution in [0, 0.1) is 10.1 Å². The van der Waals surface area contributed by atoms with E-state index in [4.69, 9.17) is 0 Å². The Morgan fingerprint density at radius 3 is 2.42 bits per heavy atom. The van der Waals surface area contributed by atoms with Crippen LogP contribution in [0.3, 0.4) is 0 Å². The van der Waals surface area contributed by atoms with Gasteiger partial charge in [-0.05, 0) is 28.7 Å². The van der Waals surface area contributed by atoms with E-state index in [1.54, 1.807) is 12.1 Å². The second-order valence-corrected chi connectivity index (χ2v) is 7.34. The maximum Gasteiger partial charge on any atom is 0.269 e. The Kier molecular flexibility index (Phi) is 4.50. The van der Waals surface area contributed by atoms with Gasteiger partial charge in [0.15, 0.2) is 0 Å². The molecule has 0 bridgehead atoms. The first-order chi connectivity index (χ1) is 12.2. The first kappa shape index (κ1) is 17.7. The van der Waals surface area contributed by atoms with Crippen LogP contribution in [0.5, 0.6) is 0 Å². The predicted molar refractivity (Wildman–Crippen MR) is 101 cm³/mol. The van der Waals surface area contributed by atoms with Gasteiger partial charge in [0.05, 0.1) is 4.92 Å². The van der Waals surface area contributed by atoms with E-state index in [1.165, 1.54) is 17.7 Å². The van der Waals surface area contributed by atoms with Crippen molar-refractivity contribution in [2.45, 2.75) is 32.7 Å². The van der Waals surface area contributed by atoms with Crippen LogP contribution in [-0.2, 0) is 12.0 Å². The molecule has 2 aromatic carbocycles. The zero-order chi connectivity index (χ0) is 18.9. The summed E-state index contributed by atoms with van der Waals surface area (Å²) in [5.41, 5.74) is 3.49. The molecule has 0 fully saturated rings. The van der Waals surface area contributed by atoms with Gasteiger partial charge in [-0.1, -0.05) is 45.0 Å². The Morgan fingerprint density at radius 2 is 1.81 bits per heavy atom. The van der Waals surface area contributed by atoms with Crippen molar-refractivity contribution in [2.75, 3.05) is 0 Å². The monoisotopic (exact) mass is 351 g/mol. The van der Waals surface area contributed by atoms with Gasteiger partial charge in [0.25, 0.3) is 11.6 Å². The van der Waals surface area contributed by atoms with Crippen molar-refractivity contribution in [1.29, 1.82) is 0 Å². The Morgan fingerprint density at radius 1 is 1.12 bits per heavy atom. The average Bonchev–Trinajstić information content (AvgIpc) is 3.02. The van der Waals surface area contributed by atoms with E-state index < -0.39 is 4.92 Å². The van der Waals surface area contributed by atoms with E-state index >= 15 is 0 Å². The molecule has 0 saturated heterocycles. The molecule has 0 aliphatic carbocycles. The Bertz CT molecular complexity index is 966. The molecule has 1 amide bonds. The summed E-state index contributed by atoms with van der Waals surface area (Å²) in [4.78, 5) is 25.8. The van der Waals surface area contributed by atoms with Crippen molar-refractivity contribution in [3.63, 3.8) is 0 Å². The second-order valence-electron chi connectivity index (χ2n) is 7.34. The smallest absolute Gasteiger partial charge is 0.269 e. The maximum atomic E-state index is 12.4. The first-order valence-electron chi connectivity index (χ1n) is 8.39. The molecule has 1 heterocycles. The third-order valence-corrected chi connectivity index (χ3v) is 4.33. The van der Waals surface area contributed by atoms with Gasteiger partial charge in [-0.3, -0.25) is 14.9 Å². The number of carbonyl (C=O) groups excluding carboxylic acids is 1. The highest BCUT2D eigenvalue weighted by Gasteiger charge is 2.16. The van der Waals surface area contributed by atoms with Crippen LogP contribution < -0.4 is 5.32 Å². The van der Waals surface area contributed by atoms with Gasteiger partial charge >= 0.3 is 0 Å². The van der Waals surface area contributed by atoms with E-state index in [0.29, 0.717) is 12.2 Å². The number of hydrogen-bond acceptors (Lipinski definition) is 3. The maximum absolute atomic E-state index is 12.4. The van der Waals surface area contributed by atoms with Crippen molar-refractivity contribution >= 4 is 22.5 Å². The SMILES string of the molecule is CC(C)(C)c1ccc2cc(C(=O)NCc3ccc([N+](=O)[O-])cc3)[nH]c2c1. The van der Waals surface area contributed by atoms with Gasteiger partial charge in [0.2, 0.25) is 0 Å². The quantitative estimate of drug-likeness (QED) is 0.542. The zero-order valence-corrected chi connectivity index (χ0v) is 15.0. The number of rotatable bonds is 4. The molecule has 2 N–H and O–H groups in total. The highest BCUT2D eigenvalue weighted by molar-refractivity contribution is 5.98. The predicted octanol–water partition coefficient (Wildman–Crippen LogP) is 4.30. The minimum absolute atomic E-state index is 0.0327. The number of aromatic amines is 1. The molecule has 0 saturated carbocycles. The standard InChI is InChI=1S/C20H21N3O3/c1-20(2,3)15-7-6-14-10-18(22-17(14)11-15)19(24)21-12-13-4-8-16(9-5-13)23(25)26/h4-11,22H,12H2,1-3H3,(H,21,24). The van der Waals surface area contributed by atoms with E-state index in [1.807, 2.05) is 12.1 Å². The molecule has 3 rings (SSSR count). The summed E-state index contributed by atoms with van der Waals surface area (Å²) in [7, 11) is 0. The molecule has 3 aromatic rings. The molecule has 6 nitrogen and oxygen atoms in total. The minimum atomic E-state index is -0.446. The van der Waals surface area contributed by atoms with Crippen molar-refractivity contribution in [3.8, 4) is 0 Å². The number of nitrogens with one attached hydrogen (secondary N) is 2. The Hall–Kier alpha value is -3.15. The lowest BCUT2D eigenvalue weighted by Gasteiger charge is -2.18. The lowest BCUT2D eigenvalue weighted by Crippen LogP contribution is -2.23. The third kappa shape index (κ3) is 3.74. The molecule has 0 aliphatic heterocycles. The van der Waals surface area contributed by atoms with Crippen LogP contribution in [-0.4, -0.2) is 15.8 Å². The van der Waals surface area contributed by atoms with Crippen LogP contribution in [0.4, 0.5) is 5.69 Å². The zero-order valence-electron chi connectivity index (χ0n) is 15.0. The Balaban J connectivity index is 1.72. The largest absolute Gasteiger partial charge is 0.351 e. The van der Waals surface area contributed by atoms with Crippen molar-refractivity contribution in [1.82, 2.24) is 10.3 Å². The van der Waals surface area contributed by atoms with Crippen LogP contribution in [0.25, 0.3) is 10.9 Å². The summed E-state index contributed by atoms with van der Waals surface area (Å²) in [6.07, 6.45) is 0. The fourth-order valence-electron chi connectivity index (χ4n) is 2.73. The third-order valence-electron chi connectivity index (χ3n) is 4.33. The van der Waals surface area contributed by atoms with Crippen LogP contribution in [0.1, 0.15) is 42.4 Å². The van der Waals surface area contributed by atoms with Gasteiger partial charge in [-0.15, -0.1) is 0 Å². The molecule has 0 radical (unpaired) electrons. The van der Waals surface area contributed by atoms with Crippen molar-refractivity contribution in [2.24, 2.45) is 0 Å².